The first kappa shape index (κ1) is 19.9. The van der Waals surface area contributed by atoms with E-state index in [0.29, 0.717) is 28.9 Å². The fourth-order valence-electron chi connectivity index (χ4n) is 3.45. The summed E-state index contributed by atoms with van der Waals surface area (Å²) in [5.41, 5.74) is 4.08. The molecule has 4 aromatic rings. The summed E-state index contributed by atoms with van der Waals surface area (Å²) in [4.78, 5) is 4.44. The highest BCUT2D eigenvalue weighted by atomic mass is 16.4. The third-order valence-electron chi connectivity index (χ3n) is 4.94. The largest absolute Gasteiger partial charge is 0.507 e. The van der Waals surface area contributed by atoms with Crippen molar-refractivity contribution in [2.75, 3.05) is 0 Å². The number of furan rings is 1. The first-order valence-corrected chi connectivity index (χ1v) is 9.86. The topological polar surface area (TPSA) is 69.5 Å². The van der Waals surface area contributed by atoms with Crippen LogP contribution in [0, 0.1) is 11.3 Å². The van der Waals surface area contributed by atoms with Crippen molar-refractivity contribution >= 4 is 12.1 Å². The molecule has 0 bridgehead atoms. The van der Waals surface area contributed by atoms with E-state index in [-0.39, 0.29) is 11.6 Å². The van der Waals surface area contributed by atoms with E-state index in [0.717, 1.165) is 16.7 Å². The summed E-state index contributed by atoms with van der Waals surface area (Å²) in [6.07, 6.45) is 3.80. The molecule has 0 amide bonds. The number of rotatable bonds is 6. The molecule has 31 heavy (non-hydrogen) atoms. The number of phenols is 1. The molecule has 1 N–H and O–H groups in total. The fourth-order valence-corrected chi connectivity index (χ4v) is 3.45. The van der Waals surface area contributed by atoms with Gasteiger partial charge in [-0.1, -0.05) is 78.9 Å². The Bertz CT molecular complexity index is 1280. The molecule has 0 radical (unpaired) electrons. The minimum Gasteiger partial charge on any atom is -0.507 e. The van der Waals surface area contributed by atoms with Crippen LogP contribution in [0.15, 0.2) is 101 Å². The average molecular weight is 404 g/mol. The lowest BCUT2D eigenvalue weighted by molar-refractivity contribution is 0.469. The number of phenolic OH excluding ortho intramolecular Hbond substituents is 1. The Morgan fingerprint density at radius 1 is 0.935 bits per heavy atom. The van der Waals surface area contributed by atoms with Crippen LogP contribution in [-0.4, -0.2) is 11.3 Å². The lowest BCUT2D eigenvalue weighted by Gasteiger charge is -2.04. The van der Waals surface area contributed by atoms with E-state index in [1.807, 2.05) is 72.8 Å². The molecular formula is C27H20N2O2. The number of allylic oxidation sites excluding steroid dienone is 1. The van der Waals surface area contributed by atoms with Crippen molar-refractivity contribution < 1.29 is 9.52 Å². The average Bonchev–Trinajstić information content (AvgIpc) is 3.19. The van der Waals surface area contributed by atoms with Gasteiger partial charge < -0.3 is 9.52 Å². The zero-order valence-electron chi connectivity index (χ0n) is 16.8. The van der Waals surface area contributed by atoms with Crippen LogP contribution in [0.4, 0.5) is 5.88 Å². The van der Waals surface area contributed by atoms with E-state index in [1.165, 1.54) is 6.21 Å². The molecule has 1 aromatic heterocycles. The Labute approximate surface area is 181 Å². The summed E-state index contributed by atoms with van der Waals surface area (Å²) in [5.74, 6) is 0.927. The van der Waals surface area contributed by atoms with Crippen LogP contribution in [-0.2, 0) is 6.42 Å². The molecule has 0 unspecified atom stereocenters. The molecule has 0 aliphatic heterocycles. The summed E-state index contributed by atoms with van der Waals surface area (Å²) < 4.78 is 6.10. The maximum absolute atomic E-state index is 10.5. The maximum atomic E-state index is 10.5. The minimum absolute atomic E-state index is 0.141. The summed E-state index contributed by atoms with van der Waals surface area (Å²) in [6, 6.07) is 27.0. The van der Waals surface area contributed by atoms with Gasteiger partial charge in [0.2, 0.25) is 5.88 Å². The summed E-state index contributed by atoms with van der Waals surface area (Å²) >= 11 is 0. The highest BCUT2D eigenvalue weighted by Crippen LogP contribution is 2.42. The number of aromatic hydroxyl groups is 1. The standard InChI is InChI=1S/C27H20N2O2/c1-2-10-20-15-9-16-22(25(20)30)18-29-27-23(17-28)24(19-11-5-3-6-12-19)26(31-27)21-13-7-4-8-14-21/h2-9,11-16,18,30H,1,10H2/b29-18+. The van der Waals surface area contributed by atoms with Crippen molar-refractivity contribution in [2.24, 2.45) is 4.99 Å². The lowest BCUT2D eigenvalue weighted by atomic mass is 9.98. The molecule has 1 heterocycles. The van der Waals surface area contributed by atoms with Gasteiger partial charge in [0.25, 0.3) is 0 Å². The summed E-state index contributed by atoms with van der Waals surface area (Å²) in [6.45, 7) is 3.72. The molecule has 0 atom stereocenters. The van der Waals surface area contributed by atoms with Gasteiger partial charge in [-0.2, -0.15) is 5.26 Å². The molecule has 0 saturated carbocycles. The molecule has 3 aromatic carbocycles. The van der Waals surface area contributed by atoms with Gasteiger partial charge in [0.15, 0.2) is 0 Å². The van der Waals surface area contributed by atoms with Gasteiger partial charge in [-0.15, -0.1) is 6.58 Å². The quantitative estimate of drug-likeness (QED) is 0.288. The van der Waals surface area contributed by atoms with Gasteiger partial charge in [-0.25, -0.2) is 4.99 Å². The summed E-state index contributed by atoms with van der Waals surface area (Å²) in [5, 5.41) is 20.4. The van der Waals surface area contributed by atoms with E-state index in [9.17, 15) is 10.4 Å². The van der Waals surface area contributed by atoms with Crippen LogP contribution in [0.5, 0.6) is 5.75 Å². The number of hydrogen-bond acceptors (Lipinski definition) is 4. The smallest absolute Gasteiger partial charge is 0.238 e. The van der Waals surface area contributed by atoms with Gasteiger partial charge in [0, 0.05) is 22.9 Å². The summed E-state index contributed by atoms with van der Waals surface area (Å²) in [7, 11) is 0. The SMILES string of the molecule is C=CCc1cccc(/C=N/c2oc(-c3ccccc3)c(-c3ccccc3)c2C#N)c1O. The molecule has 150 valence electrons. The van der Waals surface area contributed by atoms with Crippen molar-refractivity contribution in [1.82, 2.24) is 0 Å². The van der Waals surface area contributed by atoms with Crippen LogP contribution in [0.1, 0.15) is 16.7 Å². The van der Waals surface area contributed by atoms with Gasteiger partial charge in [0.05, 0.1) is 0 Å². The monoisotopic (exact) mass is 404 g/mol. The van der Waals surface area contributed by atoms with Gasteiger partial charge in [0.1, 0.15) is 23.1 Å². The molecule has 4 heteroatoms. The highest BCUT2D eigenvalue weighted by molar-refractivity contribution is 5.90. The van der Waals surface area contributed by atoms with Crippen molar-refractivity contribution in [3.63, 3.8) is 0 Å². The Kier molecular flexibility index (Phi) is 5.77. The number of benzene rings is 3. The van der Waals surface area contributed by atoms with Crippen LogP contribution in [0.25, 0.3) is 22.5 Å². The fraction of sp³-hybridized carbons (Fsp3) is 0.0370. The van der Waals surface area contributed by atoms with Crippen molar-refractivity contribution in [3.8, 4) is 34.3 Å². The zero-order chi connectivity index (χ0) is 21.6. The van der Waals surface area contributed by atoms with Crippen LogP contribution >= 0.6 is 0 Å². The second kappa shape index (κ2) is 8.98. The molecule has 0 fully saturated rings. The van der Waals surface area contributed by atoms with E-state index in [1.54, 1.807) is 12.1 Å². The third kappa shape index (κ3) is 4.03. The van der Waals surface area contributed by atoms with Gasteiger partial charge in [-0.05, 0) is 23.6 Å². The van der Waals surface area contributed by atoms with Crippen LogP contribution in [0.3, 0.4) is 0 Å². The van der Waals surface area contributed by atoms with Crippen molar-refractivity contribution in [2.45, 2.75) is 6.42 Å². The Morgan fingerprint density at radius 2 is 1.61 bits per heavy atom. The second-order valence-electron chi connectivity index (χ2n) is 6.94. The predicted octanol–water partition coefficient (Wildman–Crippen LogP) is 6.67. The first-order chi connectivity index (χ1) is 15.2. The Balaban J connectivity index is 1.86. The second-order valence-corrected chi connectivity index (χ2v) is 6.94. The number of para-hydroxylation sites is 1. The number of hydrogen-bond donors (Lipinski definition) is 1. The van der Waals surface area contributed by atoms with E-state index < -0.39 is 0 Å². The minimum atomic E-state index is 0.141. The normalized spacial score (nSPS) is 10.8. The van der Waals surface area contributed by atoms with Gasteiger partial charge in [-0.3, -0.25) is 0 Å². The molecule has 4 nitrogen and oxygen atoms in total. The predicted molar refractivity (Wildman–Crippen MR) is 124 cm³/mol. The van der Waals surface area contributed by atoms with Gasteiger partial charge >= 0.3 is 0 Å². The lowest BCUT2D eigenvalue weighted by Crippen LogP contribution is -1.88. The van der Waals surface area contributed by atoms with E-state index in [2.05, 4.69) is 17.6 Å². The first-order valence-electron chi connectivity index (χ1n) is 9.86. The Morgan fingerprint density at radius 3 is 2.26 bits per heavy atom. The maximum Gasteiger partial charge on any atom is 0.238 e. The van der Waals surface area contributed by atoms with Crippen molar-refractivity contribution in [3.05, 3.63) is 108 Å². The molecule has 0 saturated heterocycles. The molecule has 0 aliphatic rings. The third-order valence-corrected chi connectivity index (χ3v) is 4.94. The molecule has 0 spiro atoms. The Hall–Kier alpha value is -4.36. The van der Waals surface area contributed by atoms with Crippen LogP contribution in [0.2, 0.25) is 0 Å². The number of aliphatic imine (C=N–C) groups is 1. The molecule has 0 aliphatic carbocycles. The van der Waals surface area contributed by atoms with E-state index >= 15 is 0 Å². The molecular weight excluding hydrogens is 384 g/mol. The number of nitriles is 1. The highest BCUT2D eigenvalue weighted by Gasteiger charge is 2.22. The van der Waals surface area contributed by atoms with Crippen molar-refractivity contribution in [1.29, 1.82) is 5.26 Å². The van der Waals surface area contributed by atoms with E-state index in [4.69, 9.17) is 4.42 Å². The van der Waals surface area contributed by atoms with Crippen LogP contribution < -0.4 is 0 Å². The number of nitrogens with zero attached hydrogens (tertiary/aromatic N) is 2. The zero-order valence-corrected chi connectivity index (χ0v) is 16.8. The molecule has 4 rings (SSSR count).